The Balaban J connectivity index is 2.03. The number of hydrazone groups is 3. The molecule has 1 aromatic rings. The van der Waals surface area contributed by atoms with Gasteiger partial charge < -0.3 is 5.01 Å². The number of hydrogen-bond donors (Lipinski definition) is 1. The molecule has 0 radical (unpaired) electrons. The molecule has 0 unspecified atom stereocenters. The van der Waals surface area contributed by atoms with Crippen LogP contribution >= 0.6 is 0 Å². The highest BCUT2D eigenvalue weighted by atomic mass is 16.2. The second kappa shape index (κ2) is 6.41. The molecular formula is C12H15N7O. The zero-order valence-electron chi connectivity index (χ0n) is 11.3. The van der Waals surface area contributed by atoms with Crippen LogP contribution in [0.1, 0.15) is 5.56 Å². The van der Waals surface area contributed by atoms with Crippen LogP contribution in [0.4, 0.5) is 4.79 Å². The van der Waals surface area contributed by atoms with Crippen molar-refractivity contribution in [3.05, 3.63) is 30.1 Å². The van der Waals surface area contributed by atoms with Gasteiger partial charge in [0.1, 0.15) is 5.71 Å². The van der Waals surface area contributed by atoms with Gasteiger partial charge in [-0.1, -0.05) is 6.07 Å². The topological polar surface area (TPSA) is 85.5 Å². The Bertz CT molecular complexity index is 550. The molecule has 2 amide bonds. The summed E-state index contributed by atoms with van der Waals surface area (Å²) < 4.78 is 0. The van der Waals surface area contributed by atoms with Crippen molar-refractivity contribution in [1.82, 2.24) is 20.4 Å². The number of aromatic nitrogens is 1. The number of amides is 2. The molecule has 0 atom stereocenters. The van der Waals surface area contributed by atoms with Crippen LogP contribution in [0.5, 0.6) is 0 Å². The first-order valence-electron chi connectivity index (χ1n) is 5.94. The van der Waals surface area contributed by atoms with Gasteiger partial charge in [0.2, 0.25) is 0 Å². The number of nitrogens with one attached hydrogen (secondary N) is 1. The van der Waals surface area contributed by atoms with Crippen molar-refractivity contribution in [3.63, 3.8) is 0 Å². The van der Waals surface area contributed by atoms with Crippen molar-refractivity contribution >= 4 is 24.2 Å². The number of rotatable bonds is 4. The summed E-state index contributed by atoms with van der Waals surface area (Å²) >= 11 is 0. The maximum Gasteiger partial charge on any atom is 0.358 e. The van der Waals surface area contributed by atoms with E-state index >= 15 is 0 Å². The molecule has 1 N–H and O–H groups in total. The minimum Gasteiger partial charge on any atom is -0.303 e. The summed E-state index contributed by atoms with van der Waals surface area (Å²) in [7, 11) is 3.60. The SMILES string of the molecule is CN(C)/N=C/C1=NNC(=O)N(/N=C/c2cccnc2)C1. The van der Waals surface area contributed by atoms with Gasteiger partial charge in [0.25, 0.3) is 0 Å². The highest BCUT2D eigenvalue weighted by Gasteiger charge is 2.18. The van der Waals surface area contributed by atoms with Crippen molar-refractivity contribution in [1.29, 1.82) is 0 Å². The van der Waals surface area contributed by atoms with Crippen LogP contribution in [0.15, 0.2) is 39.8 Å². The van der Waals surface area contributed by atoms with E-state index in [-0.39, 0.29) is 12.6 Å². The van der Waals surface area contributed by atoms with Crippen molar-refractivity contribution in [2.45, 2.75) is 0 Å². The van der Waals surface area contributed by atoms with Crippen molar-refractivity contribution in [3.8, 4) is 0 Å². The van der Waals surface area contributed by atoms with Crippen molar-refractivity contribution in [2.75, 3.05) is 20.6 Å². The zero-order chi connectivity index (χ0) is 14.4. The first kappa shape index (κ1) is 13.7. The molecule has 2 rings (SSSR count). The highest BCUT2D eigenvalue weighted by molar-refractivity contribution is 6.32. The first-order valence-corrected chi connectivity index (χ1v) is 5.94. The molecule has 0 fully saturated rings. The molecule has 0 spiro atoms. The van der Waals surface area contributed by atoms with Crippen molar-refractivity contribution in [2.24, 2.45) is 15.3 Å². The fourth-order valence-electron chi connectivity index (χ4n) is 1.37. The second-order valence-electron chi connectivity index (χ2n) is 4.20. The van der Waals surface area contributed by atoms with E-state index in [9.17, 15) is 4.79 Å². The van der Waals surface area contributed by atoms with Gasteiger partial charge in [-0.3, -0.25) is 4.98 Å². The van der Waals surface area contributed by atoms with E-state index in [1.807, 2.05) is 6.07 Å². The summed E-state index contributed by atoms with van der Waals surface area (Å²) in [6.07, 6.45) is 6.48. The van der Waals surface area contributed by atoms with Crippen LogP contribution < -0.4 is 5.43 Å². The molecule has 0 aliphatic carbocycles. The van der Waals surface area contributed by atoms with Crippen LogP contribution in [-0.4, -0.2) is 59.8 Å². The van der Waals surface area contributed by atoms with Crippen LogP contribution in [-0.2, 0) is 0 Å². The van der Waals surface area contributed by atoms with E-state index in [2.05, 4.69) is 25.7 Å². The van der Waals surface area contributed by atoms with E-state index in [4.69, 9.17) is 0 Å². The van der Waals surface area contributed by atoms with E-state index in [1.54, 1.807) is 50.0 Å². The Hall–Kier alpha value is -2.77. The number of carbonyl (C=O) groups is 1. The normalized spacial score (nSPS) is 15.6. The zero-order valence-corrected chi connectivity index (χ0v) is 11.3. The summed E-state index contributed by atoms with van der Waals surface area (Å²) in [4.78, 5) is 15.6. The van der Waals surface area contributed by atoms with Crippen molar-refractivity contribution < 1.29 is 4.79 Å². The van der Waals surface area contributed by atoms with Gasteiger partial charge in [-0.15, -0.1) is 0 Å². The lowest BCUT2D eigenvalue weighted by Gasteiger charge is -2.20. The smallest absolute Gasteiger partial charge is 0.303 e. The third-order valence-corrected chi connectivity index (χ3v) is 2.31. The maximum atomic E-state index is 11.6. The monoisotopic (exact) mass is 273 g/mol. The molecule has 0 saturated heterocycles. The van der Waals surface area contributed by atoms with Crippen LogP contribution in [0.2, 0.25) is 0 Å². The third kappa shape index (κ3) is 3.87. The average Bonchev–Trinajstić information content (AvgIpc) is 2.46. The van der Waals surface area contributed by atoms with E-state index in [0.29, 0.717) is 5.71 Å². The summed E-state index contributed by atoms with van der Waals surface area (Å²) in [5, 5.41) is 15.0. The highest BCUT2D eigenvalue weighted by Crippen LogP contribution is 1.99. The van der Waals surface area contributed by atoms with Gasteiger partial charge in [-0.2, -0.15) is 15.3 Å². The van der Waals surface area contributed by atoms with Crippen LogP contribution in [0.3, 0.4) is 0 Å². The Labute approximate surface area is 116 Å². The number of carbonyl (C=O) groups excluding carboxylic acids is 1. The summed E-state index contributed by atoms with van der Waals surface area (Å²) in [5.41, 5.74) is 3.80. The van der Waals surface area contributed by atoms with Gasteiger partial charge in [-0.25, -0.2) is 15.2 Å². The van der Waals surface area contributed by atoms with Gasteiger partial charge in [0, 0.05) is 32.1 Å². The average molecular weight is 273 g/mol. The molecule has 1 aliphatic rings. The maximum absolute atomic E-state index is 11.6. The van der Waals surface area contributed by atoms with Gasteiger partial charge in [0.05, 0.1) is 19.0 Å². The Morgan fingerprint density at radius 2 is 2.30 bits per heavy atom. The van der Waals surface area contributed by atoms with Crippen LogP contribution in [0, 0.1) is 0 Å². The number of hydrogen-bond acceptors (Lipinski definition) is 6. The van der Waals surface area contributed by atoms with E-state index in [0.717, 1.165) is 5.56 Å². The molecule has 0 saturated carbocycles. The molecule has 0 bridgehead atoms. The lowest BCUT2D eigenvalue weighted by atomic mass is 10.3. The van der Waals surface area contributed by atoms with Gasteiger partial charge in [-0.05, 0) is 6.07 Å². The van der Waals surface area contributed by atoms with E-state index < -0.39 is 0 Å². The molecule has 8 heteroatoms. The molecule has 0 aromatic carbocycles. The third-order valence-electron chi connectivity index (χ3n) is 2.31. The minimum absolute atomic E-state index is 0.264. The van der Waals surface area contributed by atoms with Gasteiger partial charge >= 0.3 is 6.03 Å². The standard InChI is InChI=1S/C12H15N7O/c1-18(2)14-8-11-9-19(12(20)17-16-11)15-7-10-4-3-5-13-6-10/h3-8H,9H2,1-2H3,(H,17,20)/b14-8+,15-7+. The molecule has 1 aliphatic heterocycles. The predicted molar refractivity (Wildman–Crippen MR) is 76.7 cm³/mol. The lowest BCUT2D eigenvalue weighted by Crippen LogP contribution is -2.43. The molecule has 104 valence electrons. The van der Waals surface area contributed by atoms with Crippen LogP contribution in [0.25, 0.3) is 0 Å². The number of urea groups is 1. The van der Waals surface area contributed by atoms with E-state index in [1.165, 1.54) is 5.01 Å². The Kier molecular flexibility index (Phi) is 4.38. The first-order chi connectivity index (χ1) is 9.65. The molecule has 2 heterocycles. The molecule has 1 aromatic heterocycles. The molecular weight excluding hydrogens is 258 g/mol. The number of nitrogens with zero attached hydrogens (tertiary/aromatic N) is 6. The largest absolute Gasteiger partial charge is 0.358 e. The number of pyridine rings is 1. The summed E-state index contributed by atoms with van der Waals surface area (Å²) in [6.45, 7) is 0.264. The Morgan fingerprint density at radius 3 is 3.00 bits per heavy atom. The fourth-order valence-corrected chi connectivity index (χ4v) is 1.37. The molecule has 20 heavy (non-hydrogen) atoms. The summed E-state index contributed by atoms with van der Waals surface area (Å²) in [5.74, 6) is 0. The molecule has 8 nitrogen and oxygen atoms in total. The summed E-state index contributed by atoms with van der Waals surface area (Å²) in [6, 6.07) is 3.27. The fraction of sp³-hybridized carbons (Fsp3) is 0.250. The predicted octanol–water partition coefficient (Wildman–Crippen LogP) is 0.344. The Morgan fingerprint density at radius 1 is 1.45 bits per heavy atom. The van der Waals surface area contributed by atoms with Gasteiger partial charge in [0.15, 0.2) is 0 Å². The lowest BCUT2D eigenvalue weighted by molar-refractivity contribution is 0.205. The minimum atomic E-state index is -0.382. The quantitative estimate of drug-likeness (QED) is 0.634. The second-order valence-corrected chi connectivity index (χ2v) is 4.20.